The zero-order valence-electron chi connectivity index (χ0n) is 15.2. The molecule has 1 aromatic carbocycles. The minimum Gasteiger partial charge on any atom is -0.267 e. The summed E-state index contributed by atoms with van der Waals surface area (Å²) in [4.78, 5) is 21.7. The van der Waals surface area contributed by atoms with Crippen LogP contribution in [-0.4, -0.2) is 31.7 Å². The Morgan fingerprint density at radius 1 is 1.21 bits per heavy atom. The average molecular weight is 390 g/mol. The van der Waals surface area contributed by atoms with E-state index in [1.165, 1.54) is 0 Å². The van der Waals surface area contributed by atoms with Gasteiger partial charge in [-0.25, -0.2) is 14.9 Å². The second-order valence-electron chi connectivity index (χ2n) is 6.09. The molecule has 0 aliphatic heterocycles. The van der Waals surface area contributed by atoms with Crippen LogP contribution < -0.4 is 5.43 Å². The fourth-order valence-electron chi connectivity index (χ4n) is 2.76. The highest BCUT2D eigenvalue weighted by Crippen LogP contribution is 2.26. The first-order valence-corrected chi connectivity index (χ1v) is 9.75. The van der Waals surface area contributed by atoms with Crippen molar-refractivity contribution >= 4 is 28.4 Å². The molecule has 1 amide bonds. The number of rotatable bonds is 6. The molecule has 0 atom stereocenters. The van der Waals surface area contributed by atoms with Crippen LogP contribution in [0.25, 0.3) is 16.2 Å². The molecule has 1 N–H and O–H groups in total. The van der Waals surface area contributed by atoms with Gasteiger partial charge in [-0.05, 0) is 18.6 Å². The molecule has 4 aromatic rings. The van der Waals surface area contributed by atoms with E-state index in [9.17, 15) is 4.79 Å². The smallest absolute Gasteiger partial charge is 0.267 e. The number of carbonyl (C=O) groups is 1. The number of hydrogen-bond acceptors (Lipinski definition) is 6. The number of aryl methyl sites for hydroxylation is 1. The first kappa shape index (κ1) is 18.0. The van der Waals surface area contributed by atoms with E-state index < -0.39 is 0 Å². The van der Waals surface area contributed by atoms with Gasteiger partial charge in [0.2, 0.25) is 4.96 Å². The van der Waals surface area contributed by atoms with Crippen LogP contribution in [0, 0.1) is 0 Å². The van der Waals surface area contributed by atoms with Gasteiger partial charge in [-0.15, -0.1) is 0 Å². The van der Waals surface area contributed by atoms with Crippen LogP contribution in [0.5, 0.6) is 0 Å². The molecule has 4 rings (SSSR count). The van der Waals surface area contributed by atoms with Crippen molar-refractivity contribution in [1.29, 1.82) is 0 Å². The molecule has 0 aliphatic rings. The van der Waals surface area contributed by atoms with Gasteiger partial charge in [-0.1, -0.05) is 48.6 Å². The van der Waals surface area contributed by atoms with Gasteiger partial charge >= 0.3 is 0 Å². The normalized spacial score (nSPS) is 11.3. The van der Waals surface area contributed by atoms with E-state index in [2.05, 4.69) is 27.5 Å². The average Bonchev–Trinajstić information content (AvgIpc) is 3.27. The number of hydrogen-bond donors (Lipinski definition) is 1. The number of aromatic nitrogens is 4. The van der Waals surface area contributed by atoms with Crippen molar-refractivity contribution in [2.75, 3.05) is 0 Å². The number of carbonyl (C=O) groups excluding carboxylic acids is 1. The molecule has 3 heterocycles. The van der Waals surface area contributed by atoms with E-state index in [-0.39, 0.29) is 5.91 Å². The zero-order chi connectivity index (χ0) is 19.3. The van der Waals surface area contributed by atoms with Crippen molar-refractivity contribution < 1.29 is 4.79 Å². The third-order valence-corrected chi connectivity index (χ3v) is 5.05. The van der Waals surface area contributed by atoms with Crippen LogP contribution in [0.1, 0.15) is 34.4 Å². The third-order valence-electron chi connectivity index (χ3n) is 4.09. The number of benzene rings is 1. The maximum Gasteiger partial charge on any atom is 0.271 e. The molecule has 0 radical (unpaired) electrons. The quantitative estimate of drug-likeness (QED) is 0.403. The molecule has 0 spiro atoms. The highest BCUT2D eigenvalue weighted by atomic mass is 32.1. The summed E-state index contributed by atoms with van der Waals surface area (Å²) < 4.78 is 1.79. The molecule has 3 aromatic heterocycles. The van der Waals surface area contributed by atoms with Crippen molar-refractivity contribution in [1.82, 2.24) is 25.0 Å². The molecule has 0 aliphatic carbocycles. The first-order chi connectivity index (χ1) is 13.8. The van der Waals surface area contributed by atoms with E-state index in [4.69, 9.17) is 4.98 Å². The van der Waals surface area contributed by atoms with Crippen molar-refractivity contribution in [3.63, 3.8) is 0 Å². The Bertz CT molecular complexity index is 1120. The van der Waals surface area contributed by atoms with Crippen LogP contribution in [-0.2, 0) is 6.42 Å². The summed E-state index contributed by atoms with van der Waals surface area (Å²) in [5, 5.41) is 9.83. The SMILES string of the molecule is CCCc1nn2c(/C=N/NC(=O)c3ccncc3)c(-c3ccccc3)nc2s1. The van der Waals surface area contributed by atoms with Gasteiger partial charge in [-0.2, -0.15) is 10.2 Å². The van der Waals surface area contributed by atoms with E-state index in [1.54, 1.807) is 46.6 Å². The molecule has 7 nitrogen and oxygen atoms in total. The van der Waals surface area contributed by atoms with Crippen LogP contribution in [0.4, 0.5) is 0 Å². The number of imidazole rings is 1. The fraction of sp³-hybridized carbons (Fsp3) is 0.150. The minimum atomic E-state index is -0.300. The molecule has 0 unspecified atom stereocenters. The Balaban J connectivity index is 1.68. The van der Waals surface area contributed by atoms with Crippen LogP contribution in [0.2, 0.25) is 0 Å². The van der Waals surface area contributed by atoms with Gasteiger partial charge in [0.1, 0.15) is 16.4 Å². The Hall–Kier alpha value is -3.39. The summed E-state index contributed by atoms with van der Waals surface area (Å²) in [6, 6.07) is 13.1. The second-order valence-corrected chi connectivity index (χ2v) is 7.13. The maximum atomic E-state index is 12.2. The molecule has 0 saturated carbocycles. The largest absolute Gasteiger partial charge is 0.271 e. The van der Waals surface area contributed by atoms with E-state index in [1.807, 2.05) is 30.3 Å². The highest BCUT2D eigenvalue weighted by Gasteiger charge is 2.16. The molecule has 0 fully saturated rings. The van der Waals surface area contributed by atoms with Gasteiger partial charge in [0.25, 0.3) is 5.91 Å². The number of amides is 1. The van der Waals surface area contributed by atoms with Gasteiger partial charge in [0.05, 0.1) is 6.21 Å². The summed E-state index contributed by atoms with van der Waals surface area (Å²) in [7, 11) is 0. The first-order valence-electron chi connectivity index (χ1n) is 8.93. The molecule has 28 heavy (non-hydrogen) atoms. The maximum absolute atomic E-state index is 12.2. The summed E-state index contributed by atoms with van der Waals surface area (Å²) in [6.07, 6.45) is 6.66. The number of nitrogens with one attached hydrogen (secondary N) is 1. The van der Waals surface area contributed by atoms with Crippen molar-refractivity contribution in [3.8, 4) is 11.3 Å². The third kappa shape index (κ3) is 3.67. The van der Waals surface area contributed by atoms with E-state index in [0.717, 1.165) is 39.8 Å². The van der Waals surface area contributed by atoms with Gasteiger partial charge in [-0.3, -0.25) is 9.78 Å². The van der Waals surface area contributed by atoms with Gasteiger partial charge in [0.15, 0.2) is 0 Å². The van der Waals surface area contributed by atoms with Gasteiger partial charge in [0, 0.05) is 29.9 Å². The molecule has 0 saturated heterocycles. The summed E-state index contributed by atoms with van der Waals surface area (Å²) >= 11 is 1.57. The summed E-state index contributed by atoms with van der Waals surface area (Å²) in [5.74, 6) is -0.300. The second kappa shape index (κ2) is 8.10. The van der Waals surface area contributed by atoms with E-state index in [0.29, 0.717) is 5.56 Å². The Morgan fingerprint density at radius 3 is 2.75 bits per heavy atom. The van der Waals surface area contributed by atoms with Crippen LogP contribution >= 0.6 is 11.3 Å². The topological polar surface area (TPSA) is 84.5 Å². The standard InChI is InChI=1S/C20H18N6OS/c1-2-6-17-25-26-16(13-22-24-19(27)15-9-11-21-12-10-15)18(23-20(26)28-17)14-7-4-3-5-8-14/h3-5,7-13H,2,6H2,1H3,(H,24,27)/b22-13+. The lowest BCUT2D eigenvalue weighted by molar-refractivity contribution is 0.0955. The molecule has 140 valence electrons. The zero-order valence-corrected chi connectivity index (χ0v) is 16.1. The minimum absolute atomic E-state index is 0.300. The predicted molar refractivity (Wildman–Crippen MR) is 110 cm³/mol. The van der Waals surface area contributed by atoms with Crippen molar-refractivity contribution in [2.24, 2.45) is 5.10 Å². The Morgan fingerprint density at radius 2 is 2.00 bits per heavy atom. The lowest BCUT2D eigenvalue weighted by Crippen LogP contribution is -2.17. The van der Waals surface area contributed by atoms with Crippen molar-refractivity contribution in [3.05, 3.63) is 71.1 Å². The van der Waals surface area contributed by atoms with E-state index >= 15 is 0 Å². The number of hydrazone groups is 1. The fourth-order valence-corrected chi connectivity index (χ4v) is 3.76. The Labute approximate surface area is 165 Å². The number of fused-ring (bicyclic) bond motifs is 1. The van der Waals surface area contributed by atoms with Crippen molar-refractivity contribution in [2.45, 2.75) is 19.8 Å². The summed E-state index contributed by atoms with van der Waals surface area (Å²) in [6.45, 7) is 2.12. The number of nitrogens with zero attached hydrogens (tertiary/aromatic N) is 5. The lowest BCUT2D eigenvalue weighted by Gasteiger charge is -2.01. The highest BCUT2D eigenvalue weighted by molar-refractivity contribution is 7.16. The molecule has 8 heteroatoms. The van der Waals surface area contributed by atoms with Crippen LogP contribution in [0.3, 0.4) is 0 Å². The predicted octanol–water partition coefficient (Wildman–Crippen LogP) is 3.57. The molecular formula is C20H18N6OS. The van der Waals surface area contributed by atoms with Crippen LogP contribution in [0.15, 0.2) is 60.0 Å². The summed E-state index contributed by atoms with van der Waals surface area (Å²) in [5.41, 5.74) is 5.53. The molecule has 0 bridgehead atoms. The Kier molecular flexibility index (Phi) is 5.20. The molecular weight excluding hydrogens is 372 g/mol. The van der Waals surface area contributed by atoms with Gasteiger partial charge < -0.3 is 0 Å². The number of pyridine rings is 1. The lowest BCUT2D eigenvalue weighted by atomic mass is 10.1. The monoisotopic (exact) mass is 390 g/mol.